The molecule has 134 valence electrons. The summed E-state index contributed by atoms with van der Waals surface area (Å²) in [6, 6.07) is 4.03. The number of carbonyl (C=O) groups is 1. The van der Waals surface area contributed by atoms with E-state index >= 15 is 0 Å². The number of hydrogen-bond donors (Lipinski definition) is 0. The predicted molar refractivity (Wildman–Crippen MR) is 94.4 cm³/mol. The molecule has 1 fully saturated rings. The number of amides is 1. The van der Waals surface area contributed by atoms with Crippen molar-refractivity contribution >= 4 is 15.7 Å². The van der Waals surface area contributed by atoms with Gasteiger partial charge in [0.2, 0.25) is 5.91 Å². The molecule has 1 aromatic rings. The summed E-state index contributed by atoms with van der Waals surface area (Å²) in [7, 11) is 0.781. The summed E-state index contributed by atoms with van der Waals surface area (Å²) in [6.45, 7) is 3.15. The van der Waals surface area contributed by atoms with E-state index < -0.39 is 9.84 Å². The molecule has 2 rings (SSSR count). The highest BCUT2D eigenvalue weighted by atomic mass is 32.2. The Morgan fingerprint density at radius 1 is 1.33 bits per heavy atom. The Balaban J connectivity index is 1.78. The maximum absolute atomic E-state index is 12.3. The van der Waals surface area contributed by atoms with E-state index in [-0.39, 0.29) is 23.5 Å². The van der Waals surface area contributed by atoms with E-state index in [1.54, 1.807) is 11.9 Å². The molecule has 0 saturated carbocycles. The summed E-state index contributed by atoms with van der Waals surface area (Å²) in [4.78, 5) is 20.3. The molecule has 1 aliphatic rings. The fraction of sp³-hybridized carbons (Fsp3) is 0.647. The molecular weight excluding hydrogens is 326 g/mol. The Morgan fingerprint density at radius 3 is 2.62 bits per heavy atom. The van der Waals surface area contributed by atoms with Crippen LogP contribution in [0.5, 0.6) is 0 Å². The van der Waals surface area contributed by atoms with Crippen LogP contribution in [0.3, 0.4) is 0 Å². The van der Waals surface area contributed by atoms with Crippen LogP contribution in [0.4, 0.5) is 0 Å². The Bertz CT molecular complexity index is 658. The SMILES string of the molecule is CCc1ccc(CN(C)C(=O)CCN(C)[C@H]2CCS(=O)(=O)C2)nc1. The first-order chi connectivity index (χ1) is 11.3. The zero-order valence-corrected chi connectivity index (χ0v) is 15.6. The summed E-state index contributed by atoms with van der Waals surface area (Å²) in [5, 5.41) is 0. The standard InChI is InChI=1S/C17H27N3O3S/c1-4-14-5-6-15(18-11-14)12-20(3)17(21)7-9-19(2)16-8-10-24(22,23)13-16/h5-6,11,16H,4,7-10,12-13H2,1-3H3/t16-/m0/s1. The first-order valence-corrected chi connectivity index (χ1v) is 10.2. The van der Waals surface area contributed by atoms with Gasteiger partial charge in [-0.15, -0.1) is 0 Å². The van der Waals surface area contributed by atoms with Gasteiger partial charge >= 0.3 is 0 Å². The van der Waals surface area contributed by atoms with Crippen LogP contribution in [0.2, 0.25) is 0 Å². The van der Waals surface area contributed by atoms with E-state index in [1.807, 2.05) is 30.3 Å². The van der Waals surface area contributed by atoms with Crippen LogP contribution in [0.1, 0.15) is 31.0 Å². The fourth-order valence-electron chi connectivity index (χ4n) is 2.86. The monoisotopic (exact) mass is 353 g/mol. The second-order valence-corrected chi connectivity index (χ2v) is 8.78. The van der Waals surface area contributed by atoms with Crippen LogP contribution >= 0.6 is 0 Å². The van der Waals surface area contributed by atoms with Crippen LogP contribution in [0, 0.1) is 0 Å². The highest BCUT2D eigenvalue weighted by Gasteiger charge is 2.30. The minimum Gasteiger partial charge on any atom is -0.340 e. The van der Waals surface area contributed by atoms with Gasteiger partial charge < -0.3 is 9.80 Å². The lowest BCUT2D eigenvalue weighted by Gasteiger charge is -2.24. The maximum Gasteiger partial charge on any atom is 0.223 e. The van der Waals surface area contributed by atoms with Gasteiger partial charge in [-0.25, -0.2) is 8.42 Å². The van der Waals surface area contributed by atoms with Crippen molar-refractivity contribution in [1.82, 2.24) is 14.8 Å². The minimum atomic E-state index is -2.89. The van der Waals surface area contributed by atoms with Gasteiger partial charge in [0.25, 0.3) is 0 Å². The molecule has 0 aromatic carbocycles. The van der Waals surface area contributed by atoms with Crippen molar-refractivity contribution in [3.63, 3.8) is 0 Å². The zero-order chi connectivity index (χ0) is 17.7. The molecule has 1 amide bonds. The molecule has 2 heterocycles. The number of nitrogens with zero attached hydrogens (tertiary/aromatic N) is 3. The first-order valence-electron chi connectivity index (χ1n) is 8.39. The number of carbonyl (C=O) groups excluding carboxylic acids is 1. The lowest BCUT2D eigenvalue weighted by atomic mass is 10.2. The molecule has 0 aliphatic carbocycles. The molecule has 0 radical (unpaired) electrons. The third-order valence-electron chi connectivity index (χ3n) is 4.63. The van der Waals surface area contributed by atoms with Gasteiger partial charge in [-0.05, 0) is 31.5 Å². The summed E-state index contributed by atoms with van der Waals surface area (Å²) < 4.78 is 23.1. The average molecular weight is 353 g/mol. The van der Waals surface area contributed by atoms with Gasteiger partial charge in [-0.2, -0.15) is 0 Å². The van der Waals surface area contributed by atoms with Crippen molar-refractivity contribution in [2.45, 2.75) is 38.8 Å². The maximum atomic E-state index is 12.3. The Labute approximate surface area is 144 Å². The Morgan fingerprint density at radius 2 is 2.08 bits per heavy atom. The molecule has 6 nitrogen and oxygen atoms in total. The van der Waals surface area contributed by atoms with Crippen LogP contribution in [0.15, 0.2) is 18.3 Å². The van der Waals surface area contributed by atoms with Gasteiger partial charge in [0.05, 0.1) is 23.7 Å². The van der Waals surface area contributed by atoms with Crippen molar-refractivity contribution in [2.75, 3.05) is 32.1 Å². The molecule has 1 aliphatic heterocycles. The molecule has 1 saturated heterocycles. The third kappa shape index (κ3) is 5.27. The molecule has 7 heteroatoms. The first kappa shape index (κ1) is 18.9. The van der Waals surface area contributed by atoms with Crippen LogP contribution in [-0.2, 0) is 27.6 Å². The Kier molecular flexibility index (Phi) is 6.34. The predicted octanol–water partition coefficient (Wildman–Crippen LogP) is 1.11. The van der Waals surface area contributed by atoms with E-state index in [2.05, 4.69) is 11.9 Å². The summed E-state index contributed by atoms with van der Waals surface area (Å²) >= 11 is 0. The van der Waals surface area contributed by atoms with Crippen molar-refractivity contribution in [3.8, 4) is 0 Å². The number of hydrogen-bond acceptors (Lipinski definition) is 5. The van der Waals surface area contributed by atoms with E-state index in [0.29, 0.717) is 25.9 Å². The summed E-state index contributed by atoms with van der Waals surface area (Å²) in [5.41, 5.74) is 2.05. The third-order valence-corrected chi connectivity index (χ3v) is 6.38. The van der Waals surface area contributed by atoms with Crippen LogP contribution in [-0.4, -0.2) is 67.3 Å². The second kappa shape index (κ2) is 8.07. The smallest absolute Gasteiger partial charge is 0.223 e. The normalized spacial score (nSPS) is 19.6. The highest BCUT2D eigenvalue weighted by molar-refractivity contribution is 7.91. The molecule has 1 atom stereocenters. The van der Waals surface area contributed by atoms with E-state index in [4.69, 9.17) is 0 Å². The van der Waals surface area contributed by atoms with Gasteiger partial charge in [-0.1, -0.05) is 13.0 Å². The number of pyridine rings is 1. The quantitative estimate of drug-likeness (QED) is 0.734. The number of rotatable bonds is 7. The lowest BCUT2D eigenvalue weighted by Crippen LogP contribution is -2.36. The number of sulfone groups is 1. The average Bonchev–Trinajstić information content (AvgIpc) is 2.93. The molecular formula is C17H27N3O3S. The van der Waals surface area contributed by atoms with E-state index in [0.717, 1.165) is 12.1 Å². The molecule has 24 heavy (non-hydrogen) atoms. The van der Waals surface area contributed by atoms with E-state index in [1.165, 1.54) is 5.56 Å². The second-order valence-electron chi connectivity index (χ2n) is 6.55. The highest BCUT2D eigenvalue weighted by Crippen LogP contribution is 2.16. The summed E-state index contributed by atoms with van der Waals surface area (Å²) in [6.07, 6.45) is 3.85. The molecule has 0 unspecified atom stereocenters. The minimum absolute atomic E-state index is 0.0383. The van der Waals surface area contributed by atoms with Gasteiger partial charge in [0.15, 0.2) is 9.84 Å². The number of aryl methyl sites for hydroxylation is 1. The molecule has 0 spiro atoms. The van der Waals surface area contributed by atoms with Gasteiger partial charge in [0.1, 0.15) is 0 Å². The molecule has 0 N–H and O–H groups in total. The van der Waals surface area contributed by atoms with Crippen LogP contribution < -0.4 is 0 Å². The van der Waals surface area contributed by atoms with E-state index in [9.17, 15) is 13.2 Å². The summed E-state index contributed by atoms with van der Waals surface area (Å²) in [5.74, 6) is 0.514. The van der Waals surface area contributed by atoms with Gasteiger partial charge in [-0.3, -0.25) is 9.78 Å². The molecule has 0 bridgehead atoms. The van der Waals surface area contributed by atoms with Gasteiger partial charge in [0, 0.05) is 32.3 Å². The fourth-order valence-corrected chi connectivity index (χ4v) is 4.66. The zero-order valence-electron chi connectivity index (χ0n) is 14.7. The lowest BCUT2D eigenvalue weighted by molar-refractivity contribution is -0.130. The van der Waals surface area contributed by atoms with Crippen molar-refractivity contribution in [2.24, 2.45) is 0 Å². The topological polar surface area (TPSA) is 70.6 Å². The molecule has 1 aromatic heterocycles. The number of aromatic nitrogens is 1. The van der Waals surface area contributed by atoms with Crippen molar-refractivity contribution < 1.29 is 13.2 Å². The van der Waals surface area contributed by atoms with Crippen molar-refractivity contribution in [3.05, 3.63) is 29.6 Å². The largest absolute Gasteiger partial charge is 0.340 e. The van der Waals surface area contributed by atoms with Crippen LogP contribution in [0.25, 0.3) is 0 Å². The Hall–Kier alpha value is -1.47. The van der Waals surface area contributed by atoms with Crippen molar-refractivity contribution in [1.29, 1.82) is 0 Å².